The second kappa shape index (κ2) is 7.81. The first kappa shape index (κ1) is 13.7. The van der Waals surface area contributed by atoms with E-state index >= 15 is 0 Å². The first-order valence-electron chi connectivity index (χ1n) is 5.57. The van der Waals surface area contributed by atoms with E-state index in [9.17, 15) is 0 Å². The molecule has 0 amide bonds. The zero-order valence-electron chi connectivity index (χ0n) is 9.46. The van der Waals surface area contributed by atoms with E-state index in [0.29, 0.717) is 11.8 Å². The van der Waals surface area contributed by atoms with Crippen molar-refractivity contribution >= 4 is 28.9 Å². The summed E-state index contributed by atoms with van der Waals surface area (Å²) in [4.78, 5) is 2.20. The fourth-order valence-corrected chi connectivity index (χ4v) is 2.06. The van der Waals surface area contributed by atoms with Gasteiger partial charge in [-0.3, -0.25) is 0 Å². The molecule has 1 aromatic rings. The van der Waals surface area contributed by atoms with E-state index in [0.717, 1.165) is 25.9 Å². The zero-order valence-corrected chi connectivity index (χ0v) is 11.0. The Kier molecular flexibility index (Phi) is 6.67. The molecule has 0 aliphatic heterocycles. The lowest BCUT2D eigenvalue weighted by molar-refractivity contribution is 0.872. The summed E-state index contributed by atoms with van der Waals surface area (Å²) >= 11 is 11.5. The Bertz CT molecular complexity index is 278. The van der Waals surface area contributed by atoms with Crippen molar-refractivity contribution in [2.75, 3.05) is 29.7 Å². The highest BCUT2D eigenvalue weighted by Gasteiger charge is 2.04. The predicted molar refractivity (Wildman–Crippen MR) is 73.8 cm³/mol. The van der Waals surface area contributed by atoms with Crippen LogP contribution in [0.15, 0.2) is 24.3 Å². The lowest BCUT2D eigenvalue weighted by Gasteiger charge is -2.23. The van der Waals surface area contributed by atoms with E-state index in [1.165, 1.54) is 11.3 Å². The number of aryl methyl sites for hydroxylation is 1. The summed E-state index contributed by atoms with van der Waals surface area (Å²) in [6.07, 6.45) is 1.97. The predicted octanol–water partition coefficient (Wildman–Crippen LogP) is 3.74. The molecule has 0 spiro atoms. The van der Waals surface area contributed by atoms with Gasteiger partial charge in [-0.1, -0.05) is 19.1 Å². The van der Waals surface area contributed by atoms with Crippen molar-refractivity contribution in [2.24, 2.45) is 0 Å². The average Bonchev–Trinajstić information content (AvgIpc) is 2.30. The second-order valence-electron chi connectivity index (χ2n) is 3.64. The van der Waals surface area contributed by atoms with Gasteiger partial charge in [-0.2, -0.15) is 0 Å². The third-order valence-corrected chi connectivity index (χ3v) is 2.81. The first-order valence-corrected chi connectivity index (χ1v) is 6.63. The Morgan fingerprint density at radius 1 is 1.00 bits per heavy atom. The zero-order chi connectivity index (χ0) is 11.8. The lowest BCUT2D eigenvalue weighted by atomic mass is 10.1. The molecule has 0 atom stereocenters. The SMILES string of the molecule is [CH2]CCc1ccc(N(CCCl)CCCl)cc1. The molecule has 1 radical (unpaired) electrons. The molecule has 1 rings (SSSR count). The maximum Gasteiger partial charge on any atom is 0.0399 e. The maximum atomic E-state index is 5.77. The Hall–Kier alpha value is -0.400. The van der Waals surface area contributed by atoms with Crippen LogP contribution in [0.1, 0.15) is 12.0 Å². The van der Waals surface area contributed by atoms with Crippen LogP contribution >= 0.6 is 23.2 Å². The molecular weight excluding hydrogens is 241 g/mol. The standard InChI is InChI=1S/C13H18Cl2N/c1-2-3-12-4-6-13(7-5-12)16(10-8-14)11-9-15/h4-7H,1-3,8-11H2. The molecule has 0 aliphatic rings. The van der Waals surface area contributed by atoms with Gasteiger partial charge in [-0.05, 0) is 30.5 Å². The molecule has 0 saturated heterocycles. The Balaban J connectivity index is 2.68. The van der Waals surface area contributed by atoms with Gasteiger partial charge >= 0.3 is 0 Å². The van der Waals surface area contributed by atoms with Crippen LogP contribution in [0, 0.1) is 6.92 Å². The number of benzene rings is 1. The Labute approximate surface area is 108 Å². The van der Waals surface area contributed by atoms with Gasteiger partial charge in [0, 0.05) is 30.5 Å². The fraction of sp³-hybridized carbons (Fsp3) is 0.462. The smallest absolute Gasteiger partial charge is 0.0399 e. The van der Waals surface area contributed by atoms with E-state index in [1.807, 2.05) is 0 Å². The average molecular weight is 259 g/mol. The van der Waals surface area contributed by atoms with Crippen LogP contribution in [0.3, 0.4) is 0 Å². The molecule has 0 fully saturated rings. The monoisotopic (exact) mass is 258 g/mol. The number of alkyl halides is 2. The molecule has 0 bridgehead atoms. The minimum absolute atomic E-state index is 0.623. The molecule has 3 heteroatoms. The van der Waals surface area contributed by atoms with E-state index in [2.05, 4.69) is 36.1 Å². The van der Waals surface area contributed by atoms with Gasteiger partial charge in [-0.15, -0.1) is 23.2 Å². The number of hydrogen-bond donors (Lipinski definition) is 0. The summed E-state index contributed by atoms with van der Waals surface area (Å²) in [5.41, 5.74) is 2.52. The summed E-state index contributed by atoms with van der Waals surface area (Å²) < 4.78 is 0. The van der Waals surface area contributed by atoms with Crippen molar-refractivity contribution < 1.29 is 0 Å². The highest BCUT2D eigenvalue weighted by atomic mass is 35.5. The van der Waals surface area contributed by atoms with Gasteiger partial charge in [0.25, 0.3) is 0 Å². The molecule has 0 aliphatic carbocycles. The van der Waals surface area contributed by atoms with Crippen LogP contribution in [-0.4, -0.2) is 24.8 Å². The minimum Gasteiger partial charge on any atom is -0.369 e. The highest BCUT2D eigenvalue weighted by Crippen LogP contribution is 2.16. The van der Waals surface area contributed by atoms with Crippen LogP contribution in [0.5, 0.6) is 0 Å². The molecule has 1 aromatic carbocycles. The van der Waals surface area contributed by atoms with E-state index < -0.39 is 0 Å². The van der Waals surface area contributed by atoms with Gasteiger partial charge in [0.15, 0.2) is 0 Å². The summed E-state index contributed by atoms with van der Waals surface area (Å²) in [5.74, 6) is 1.25. The number of rotatable bonds is 7. The van der Waals surface area contributed by atoms with Crippen molar-refractivity contribution in [3.63, 3.8) is 0 Å². The van der Waals surface area contributed by atoms with Crippen molar-refractivity contribution in [3.05, 3.63) is 36.8 Å². The lowest BCUT2D eigenvalue weighted by Crippen LogP contribution is -2.27. The van der Waals surface area contributed by atoms with Crippen molar-refractivity contribution in [3.8, 4) is 0 Å². The van der Waals surface area contributed by atoms with Gasteiger partial charge in [0.05, 0.1) is 0 Å². The van der Waals surface area contributed by atoms with Crippen LogP contribution in [-0.2, 0) is 6.42 Å². The molecule has 0 unspecified atom stereocenters. The largest absolute Gasteiger partial charge is 0.369 e. The second-order valence-corrected chi connectivity index (χ2v) is 4.39. The molecule has 1 nitrogen and oxygen atoms in total. The quantitative estimate of drug-likeness (QED) is 0.674. The normalized spacial score (nSPS) is 10.4. The summed E-state index contributed by atoms with van der Waals surface area (Å²) in [5, 5.41) is 0. The Morgan fingerprint density at radius 3 is 2.00 bits per heavy atom. The number of hydrogen-bond acceptors (Lipinski definition) is 1. The summed E-state index contributed by atoms with van der Waals surface area (Å²) in [6.45, 7) is 5.52. The van der Waals surface area contributed by atoms with Crippen LogP contribution < -0.4 is 4.90 Å². The molecule has 0 N–H and O–H groups in total. The minimum atomic E-state index is 0.623. The summed E-state index contributed by atoms with van der Waals surface area (Å²) in [7, 11) is 0. The fourth-order valence-electron chi connectivity index (χ4n) is 1.65. The van der Waals surface area contributed by atoms with E-state index in [-0.39, 0.29) is 0 Å². The molecular formula is C13H18Cl2N. The van der Waals surface area contributed by atoms with Gasteiger partial charge < -0.3 is 4.90 Å². The van der Waals surface area contributed by atoms with Gasteiger partial charge in [-0.25, -0.2) is 0 Å². The van der Waals surface area contributed by atoms with Crippen molar-refractivity contribution in [1.82, 2.24) is 0 Å². The number of nitrogens with zero attached hydrogens (tertiary/aromatic N) is 1. The number of halogens is 2. The molecule has 0 aromatic heterocycles. The number of anilines is 1. The van der Waals surface area contributed by atoms with E-state index in [4.69, 9.17) is 23.2 Å². The third kappa shape index (κ3) is 4.23. The van der Waals surface area contributed by atoms with Crippen molar-refractivity contribution in [1.29, 1.82) is 0 Å². The topological polar surface area (TPSA) is 3.24 Å². The molecule has 16 heavy (non-hydrogen) atoms. The highest BCUT2D eigenvalue weighted by molar-refractivity contribution is 6.18. The third-order valence-electron chi connectivity index (χ3n) is 2.48. The first-order chi connectivity index (χ1) is 7.81. The van der Waals surface area contributed by atoms with Crippen LogP contribution in [0.4, 0.5) is 5.69 Å². The molecule has 89 valence electrons. The summed E-state index contributed by atoms with van der Waals surface area (Å²) in [6, 6.07) is 8.56. The maximum absolute atomic E-state index is 5.77. The van der Waals surface area contributed by atoms with E-state index in [1.54, 1.807) is 0 Å². The van der Waals surface area contributed by atoms with Gasteiger partial charge in [0.1, 0.15) is 0 Å². The molecule has 0 saturated carbocycles. The Morgan fingerprint density at radius 2 is 1.56 bits per heavy atom. The van der Waals surface area contributed by atoms with Crippen LogP contribution in [0.25, 0.3) is 0 Å². The van der Waals surface area contributed by atoms with Gasteiger partial charge in [0.2, 0.25) is 0 Å². The van der Waals surface area contributed by atoms with Crippen LogP contribution in [0.2, 0.25) is 0 Å². The molecule has 0 heterocycles. The van der Waals surface area contributed by atoms with Crippen molar-refractivity contribution in [2.45, 2.75) is 12.8 Å².